The van der Waals surface area contributed by atoms with Gasteiger partial charge >= 0.3 is 12.1 Å². The quantitative estimate of drug-likeness (QED) is 0.0599. The van der Waals surface area contributed by atoms with Gasteiger partial charge in [0.05, 0.1) is 6.42 Å². The van der Waals surface area contributed by atoms with Crippen molar-refractivity contribution in [2.45, 2.75) is 82.3 Å². The smallest absolute Gasteiger partial charge is 0.410 e. The molecule has 58 heavy (non-hydrogen) atoms. The van der Waals surface area contributed by atoms with Gasteiger partial charge in [-0.1, -0.05) is 159 Å². The number of unbranched alkanes of at least 4 members (excludes halogenated alkanes) is 3. The van der Waals surface area contributed by atoms with Crippen molar-refractivity contribution in [1.29, 1.82) is 0 Å². The van der Waals surface area contributed by atoms with E-state index in [0.29, 0.717) is 29.2 Å². The van der Waals surface area contributed by atoms with E-state index in [0.717, 1.165) is 59.9 Å². The van der Waals surface area contributed by atoms with Gasteiger partial charge in [-0.2, -0.15) is 0 Å². The van der Waals surface area contributed by atoms with E-state index in [1.807, 2.05) is 84.9 Å². The Morgan fingerprint density at radius 2 is 1.34 bits per heavy atom. The highest BCUT2D eigenvalue weighted by atomic mass is 35.5. The third-order valence-electron chi connectivity index (χ3n) is 11.8. The first-order chi connectivity index (χ1) is 28.3. The van der Waals surface area contributed by atoms with Crippen LogP contribution in [0.2, 0.25) is 5.02 Å². The van der Waals surface area contributed by atoms with Gasteiger partial charge in [-0.15, -0.1) is 0 Å². The van der Waals surface area contributed by atoms with Crippen LogP contribution < -0.4 is 0 Å². The van der Waals surface area contributed by atoms with Crippen LogP contribution in [-0.4, -0.2) is 60.6 Å². The van der Waals surface area contributed by atoms with E-state index < -0.39 is 23.7 Å². The summed E-state index contributed by atoms with van der Waals surface area (Å²) in [7, 11) is 1.54. The molecule has 5 aromatic carbocycles. The van der Waals surface area contributed by atoms with Gasteiger partial charge in [0, 0.05) is 47.8 Å². The number of benzene rings is 5. The van der Waals surface area contributed by atoms with Crippen molar-refractivity contribution in [1.82, 2.24) is 9.80 Å². The molecule has 1 aliphatic carbocycles. The van der Waals surface area contributed by atoms with Crippen LogP contribution >= 0.6 is 11.6 Å². The number of halogens is 1. The summed E-state index contributed by atoms with van der Waals surface area (Å²) in [5.41, 5.74) is 6.18. The molecule has 0 aromatic heterocycles. The summed E-state index contributed by atoms with van der Waals surface area (Å²) in [4.78, 5) is 46.2. The first kappa shape index (κ1) is 40.8. The molecular formula is C50H53ClN2O5. The lowest BCUT2D eigenvalue weighted by Gasteiger charge is -2.37. The van der Waals surface area contributed by atoms with E-state index in [9.17, 15) is 14.4 Å². The first-order valence-corrected chi connectivity index (χ1v) is 21.2. The molecule has 1 saturated heterocycles. The number of rotatable bonds is 15. The molecule has 7 nitrogen and oxygen atoms in total. The van der Waals surface area contributed by atoms with Crippen LogP contribution in [0.3, 0.4) is 0 Å². The van der Waals surface area contributed by atoms with Gasteiger partial charge in [-0.25, -0.2) is 4.79 Å². The van der Waals surface area contributed by atoms with E-state index in [1.165, 1.54) is 36.8 Å². The molecule has 2 aliphatic rings. The zero-order chi connectivity index (χ0) is 40.5. The number of likely N-dealkylation sites (tertiary alicyclic amines) is 1. The predicted octanol–water partition coefficient (Wildman–Crippen LogP) is 10.9. The number of amides is 2. The fourth-order valence-electron chi connectivity index (χ4n) is 8.64. The van der Waals surface area contributed by atoms with Crippen molar-refractivity contribution in [3.63, 3.8) is 0 Å². The van der Waals surface area contributed by atoms with Crippen molar-refractivity contribution in [3.05, 3.63) is 166 Å². The van der Waals surface area contributed by atoms with Crippen LogP contribution in [0.15, 0.2) is 127 Å². The molecular weight excluding hydrogens is 744 g/mol. The van der Waals surface area contributed by atoms with Crippen molar-refractivity contribution in [2.24, 2.45) is 0 Å². The van der Waals surface area contributed by atoms with Gasteiger partial charge in [-0.3, -0.25) is 14.5 Å². The van der Waals surface area contributed by atoms with E-state index in [2.05, 4.69) is 43.3 Å². The van der Waals surface area contributed by atoms with Crippen LogP contribution in [-0.2, 0) is 31.1 Å². The summed E-state index contributed by atoms with van der Waals surface area (Å²) in [6.07, 6.45) is 7.27. The molecule has 300 valence electrons. The first-order valence-electron chi connectivity index (χ1n) is 20.8. The largest absolute Gasteiger partial charge is 0.448 e. The standard InChI is InChI=1S/C50H53ClN2O5/c1-3-4-5-8-19-36-28-30-38(31-29-36)50(37-20-9-6-10-21-37,44-26-15-16-27-45(44)51)58-47(54)34-46(48(55)53-32-17-7-18-33-53)52(2)49(56)57-35-43-41-24-13-11-22-39(41)40-23-12-14-25-42(40)43/h6,9-16,20-31,43,46H,3-5,7-8,17-19,32-35H2,1-2H3/t46-,50?/m0/s1. The molecule has 2 atom stereocenters. The zero-order valence-electron chi connectivity index (χ0n) is 33.6. The number of fused-ring (bicyclic) bond motifs is 3. The van der Waals surface area contributed by atoms with Gasteiger partial charge in [0.15, 0.2) is 5.60 Å². The number of hydrogen-bond acceptors (Lipinski definition) is 5. The Morgan fingerprint density at radius 1 is 0.741 bits per heavy atom. The Kier molecular flexibility index (Phi) is 13.3. The predicted molar refractivity (Wildman–Crippen MR) is 230 cm³/mol. The van der Waals surface area contributed by atoms with Gasteiger partial charge in [0.1, 0.15) is 12.6 Å². The Morgan fingerprint density at radius 3 is 2.00 bits per heavy atom. The van der Waals surface area contributed by atoms with Gasteiger partial charge in [0.2, 0.25) is 5.91 Å². The highest BCUT2D eigenvalue weighted by Gasteiger charge is 2.44. The number of carbonyl (C=O) groups excluding carboxylic acids is 3. The number of carbonyl (C=O) groups is 3. The molecule has 2 amide bonds. The lowest BCUT2D eigenvalue weighted by atomic mass is 9.79. The Balaban J connectivity index is 1.19. The van der Waals surface area contributed by atoms with E-state index in [4.69, 9.17) is 21.1 Å². The molecule has 1 fully saturated rings. The molecule has 5 aromatic rings. The van der Waals surface area contributed by atoms with Crippen LogP contribution in [0, 0.1) is 0 Å². The molecule has 0 N–H and O–H groups in total. The highest BCUT2D eigenvalue weighted by molar-refractivity contribution is 6.31. The molecule has 0 saturated carbocycles. The van der Waals surface area contributed by atoms with Gasteiger partial charge in [-0.05, 0) is 66.0 Å². The van der Waals surface area contributed by atoms with Crippen molar-refractivity contribution < 1.29 is 23.9 Å². The molecule has 1 heterocycles. The number of aryl methyl sites for hydroxylation is 1. The topological polar surface area (TPSA) is 76.2 Å². The van der Waals surface area contributed by atoms with E-state index in [1.54, 1.807) is 11.0 Å². The van der Waals surface area contributed by atoms with Crippen LogP contribution in [0.25, 0.3) is 11.1 Å². The minimum Gasteiger partial charge on any atom is -0.448 e. The lowest BCUT2D eigenvalue weighted by Crippen LogP contribution is -2.52. The summed E-state index contributed by atoms with van der Waals surface area (Å²) in [6.45, 7) is 3.41. The van der Waals surface area contributed by atoms with Gasteiger partial charge in [0.25, 0.3) is 0 Å². The minimum absolute atomic E-state index is 0.0878. The maximum atomic E-state index is 14.7. The normalized spacial score (nSPS) is 15.1. The van der Waals surface area contributed by atoms with Crippen molar-refractivity contribution >= 4 is 29.6 Å². The number of nitrogens with zero attached hydrogens (tertiary/aromatic N) is 2. The summed E-state index contributed by atoms with van der Waals surface area (Å²) in [6, 6.07) is 40.3. The van der Waals surface area contributed by atoms with Crippen LogP contribution in [0.1, 0.15) is 97.6 Å². The average Bonchev–Trinajstić information content (AvgIpc) is 3.59. The van der Waals surface area contributed by atoms with Gasteiger partial charge < -0.3 is 14.4 Å². The maximum Gasteiger partial charge on any atom is 0.410 e. The second kappa shape index (κ2) is 18.9. The summed E-state index contributed by atoms with van der Waals surface area (Å²) < 4.78 is 12.8. The summed E-state index contributed by atoms with van der Waals surface area (Å²) in [5, 5.41) is 0.430. The number of piperidine rings is 1. The Labute approximate surface area is 347 Å². The zero-order valence-corrected chi connectivity index (χ0v) is 34.3. The maximum absolute atomic E-state index is 14.7. The molecule has 1 aliphatic heterocycles. The number of esters is 1. The second-order valence-corrected chi connectivity index (χ2v) is 15.9. The molecule has 0 spiro atoms. The fraction of sp³-hybridized carbons (Fsp3) is 0.340. The van der Waals surface area contributed by atoms with Crippen LogP contribution in [0.4, 0.5) is 4.79 Å². The van der Waals surface area contributed by atoms with E-state index >= 15 is 0 Å². The number of likely N-dealkylation sites (N-methyl/N-ethyl adjacent to an activating group) is 1. The lowest BCUT2D eigenvalue weighted by molar-refractivity contribution is -0.157. The SMILES string of the molecule is CCCCCCc1ccc(C(OC(=O)C[C@@H](C(=O)N2CCCCC2)N(C)C(=O)OCC2c3ccccc3-c3ccccc32)(c2ccccc2)c2ccccc2Cl)cc1. The number of hydrogen-bond donors (Lipinski definition) is 0. The monoisotopic (exact) mass is 796 g/mol. The van der Waals surface area contributed by atoms with Crippen LogP contribution in [0.5, 0.6) is 0 Å². The molecule has 1 unspecified atom stereocenters. The highest BCUT2D eigenvalue weighted by Crippen LogP contribution is 2.46. The molecule has 7 rings (SSSR count). The molecule has 0 radical (unpaired) electrons. The third kappa shape index (κ3) is 8.70. The molecule has 0 bridgehead atoms. The fourth-order valence-corrected chi connectivity index (χ4v) is 8.91. The third-order valence-corrected chi connectivity index (χ3v) is 12.1. The minimum atomic E-state index is -1.46. The molecule has 8 heteroatoms. The van der Waals surface area contributed by atoms with E-state index in [-0.39, 0.29) is 24.9 Å². The number of ether oxygens (including phenoxy) is 2. The second-order valence-electron chi connectivity index (χ2n) is 15.5. The van der Waals surface area contributed by atoms with Crippen molar-refractivity contribution in [3.8, 4) is 11.1 Å². The Hall–Kier alpha value is -5.40. The summed E-state index contributed by atoms with van der Waals surface area (Å²) >= 11 is 7.00. The average molecular weight is 797 g/mol. The van der Waals surface area contributed by atoms with Crippen molar-refractivity contribution in [2.75, 3.05) is 26.7 Å². The Bertz CT molecular complexity index is 2140. The summed E-state index contributed by atoms with van der Waals surface area (Å²) in [5.74, 6) is -1.11.